The molecule has 0 saturated carbocycles. The second kappa shape index (κ2) is 5.33. The van der Waals surface area contributed by atoms with Crippen molar-refractivity contribution in [3.63, 3.8) is 0 Å². The number of nitrogens with zero attached hydrogens (tertiary/aromatic N) is 1. The maximum Gasteiger partial charge on any atom is 0.293 e. The highest BCUT2D eigenvalue weighted by molar-refractivity contribution is 6.33. The lowest BCUT2D eigenvalue weighted by molar-refractivity contribution is -0.384. The number of hydrogen-bond acceptors (Lipinski definition) is 4. The summed E-state index contributed by atoms with van der Waals surface area (Å²) in [5.41, 5.74) is 0.426. The lowest BCUT2D eigenvalue weighted by Crippen LogP contribution is -2.28. The summed E-state index contributed by atoms with van der Waals surface area (Å²) >= 11 is 5.99. The van der Waals surface area contributed by atoms with Gasteiger partial charge in [0.25, 0.3) is 5.69 Å². The molecule has 1 aliphatic heterocycles. The number of ether oxygens (including phenoxy) is 1. The number of nitro benzene ring substituents is 1. The first kappa shape index (κ1) is 12.1. The molecule has 6 heteroatoms. The fraction of sp³-hybridized carbons (Fsp3) is 0.455. The van der Waals surface area contributed by atoms with Gasteiger partial charge in [0, 0.05) is 25.3 Å². The molecule has 1 saturated heterocycles. The molecule has 92 valence electrons. The van der Waals surface area contributed by atoms with Crippen LogP contribution in [0, 0.1) is 10.1 Å². The Bertz CT molecular complexity index is 419. The van der Waals surface area contributed by atoms with Crippen LogP contribution in [0.15, 0.2) is 18.2 Å². The molecule has 1 N–H and O–H groups in total. The van der Waals surface area contributed by atoms with Gasteiger partial charge in [-0.3, -0.25) is 10.1 Å². The molecular weight excluding hydrogens is 244 g/mol. The van der Waals surface area contributed by atoms with Crippen molar-refractivity contribution in [2.24, 2.45) is 0 Å². The number of benzene rings is 1. The van der Waals surface area contributed by atoms with Gasteiger partial charge < -0.3 is 10.1 Å². The van der Waals surface area contributed by atoms with Gasteiger partial charge in [-0.25, -0.2) is 0 Å². The van der Waals surface area contributed by atoms with E-state index in [0.29, 0.717) is 23.9 Å². The van der Waals surface area contributed by atoms with E-state index in [-0.39, 0.29) is 11.7 Å². The molecule has 0 spiro atoms. The van der Waals surface area contributed by atoms with Gasteiger partial charge in [0.1, 0.15) is 5.69 Å². The van der Waals surface area contributed by atoms with E-state index in [1.807, 2.05) is 0 Å². The molecule has 1 aliphatic rings. The van der Waals surface area contributed by atoms with E-state index in [0.717, 1.165) is 12.8 Å². The van der Waals surface area contributed by atoms with Crippen LogP contribution < -0.4 is 5.32 Å². The minimum atomic E-state index is -0.423. The average Bonchev–Trinajstić information content (AvgIpc) is 2.33. The van der Waals surface area contributed by atoms with E-state index in [4.69, 9.17) is 16.3 Å². The zero-order valence-electron chi connectivity index (χ0n) is 9.19. The highest BCUT2D eigenvalue weighted by Crippen LogP contribution is 2.33. The van der Waals surface area contributed by atoms with Crippen LogP contribution in [0.4, 0.5) is 11.4 Å². The number of anilines is 1. The van der Waals surface area contributed by atoms with Gasteiger partial charge in [-0.1, -0.05) is 17.7 Å². The molecule has 0 aromatic heterocycles. The molecule has 1 heterocycles. The molecule has 0 aliphatic carbocycles. The van der Waals surface area contributed by atoms with Gasteiger partial charge in [0.05, 0.1) is 9.95 Å². The van der Waals surface area contributed by atoms with E-state index in [1.165, 1.54) is 6.07 Å². The van der Waals surface area contributed by atoms with Crippen molar-refractivity contribution < 1.29 is 9.66 Å². The summed E-state index contributed by atoms with van der Waals surface area (Å²) in [6, 6.07) is 4.86. The summed E-state index contributed by atoms with van der Waals surface area (Å²) in [4.78, 5) is 10.5. The van der Waals surface area contributed by atoms with Crippen LogP contribution in [-0.2, 0) is 4.74 Å². The molecule has 5 nitrogen and oxygen atoms in total. The molecular formula is C11H13ClN2O3. The Hall–Kier alpha value is -1.33. The molecule has 0 amide bonds. The monoisotopic (exact) mass is 256 g/mol. The maximum atomic E-state index is 10.9. The third-order valence-electron chi connectivity index (χ3n) is 2.76. The first-order valence-electron chi connectivity index (χ1n) is 5.45. The maximum absolute atomic E-state index is 10.9. The molecule has 0 atom stereocenters. The number of halogens is 1. The zero-order chi connectivity index (χ0) is 12.3. The topological polar surface area (TPSA) is 64.4 Å². The molecule has 1 fully saturated rings. The highest BCUT2D eigenvalue weighted by Gasteiger charge is 2.21. The first-order valence-corrected chi connectivity index (χ1v) is 5.83. The SMILES string of the molecule is O=[N+]([O-])c1cccc(Cl)c1NC1CCOCC1. The molecule has 1 aromatic carbocycles. The van der Waals surface area contributed by atoms with Gasteiger partial charge >= 0.3 is 0 Å². The summed E-state index contributed by atoms with van der Waals surface area (Å²) in [6.45, 7) is 1.35. The predicted molar refractivity (Wildman–Crippen MR) is 65.6 cm³/mol. The van der Waals surface area contributed by atoms with Crippen molar-refractivity contribution in [2.75, 3.05) is 18.5 Å². The molecule has 2 rings (SSSR count). The Balaban J connectivity index is 2.21. The number of para-hydroxylation sites is 1. The highest BCUT2D eigenvalue weighted by atomic mass is 35.5. The number of hydrogen-bond donors (Lipinski definition) is 1. The number of rotatable bonds is 3. The Kier molecular flexibility index (Phi) is 3.81. The van der Waals surface area contributed by atoms with Crippen LogP contribution in [0.2, 0.25) is 5.02 Å². The van der Waals surface area contributed by atoms with E-state index in [1.54, 1.807) is 12.1 Å². The fourth-order valence-electron chi connectivity index (χ4n) is 1.85. The van der Waals surface area contributed by atoms with E-state index < -0.39 is 4.92 Å². The Labute approximate surface area is 104 Å². The van der Waals surface area contributed by atoms with Crippen molar-refractivity contribution >= 4 is 23.0 Å². The van der Waals surface area contributed by atoms with Crippen LogP contribution in [0.5, 0.6) is 0 Å². The number of nitrogens with one attached hydrogen (secondary N) is 1. The Morgan fingerprint density at radius 1 is 1.41 bits per heavy atom. The summed E-state index contributed by atoms with van der Waals surface area (Å²) in [7, 11) is 0. The van der Waals surface area contributed by atoms with Gasteiger partial charge in [0.2, 0.25) is 0 Å². The molecule has 0 unspecified atom stereocenters. The zero-order valence-corrected chi connectivity index (χ0v) is 9.94. The molecule has 0 radical (unpaired) electrons. The minimum Gasteiger partial charge on any atom is -0.381 e. The minimum absolute atomic E-state index is 0.0176. The molecule has 1 aromatic rings. The average molecular weight is 257 g/mol. The largest absolute Gasteiger partial charge is 0.381 e. The van der Waals surface area contributed by atoms with Gasteiger partial charge in [0.15, 0.2) is 0 Å². The van der Waals surface area contributed by atoms with Crippen molar-refractivity contribution in [3.05, 3.63) is 33.3 Å². The van der Waals surface area contributed by atoms with Gasteiger partial charge in [-0.05, 0) is 18.9 Å². The second-order valence-corrected chi connectivity index (χ2v) is 4.33. The third kappa shape index (κ3) is 2.87. The van der Waals surface area contributed by atoms with Crippen LogP contribution >= 0.6 is 11.6 Å². The quantitative estimate of drug-likeness (QED) is 0.667. The van der Waals surface area contributed by atoms with Crippen LogP contribution in [0.3, 0.4) is 0 Å². The molecule has 0 bridgehead atoms. The summed E-state index contributed by atoms with van der Waals surface area (Å²) < 4.78 is 5.24. The smallest absolute Gasteiger partial charge is 0.293 e. The van der Waals surface area contributed by atoms with Crippen molar-refractivity contribution in [3.8, 4) is 0 Å². The van der Waals surface area contributed by atoms with Crippen molar-refractivity contribution in [1.29, 1.82) is 0 Å². The number of nitro groups is 1. The summed E-state index contributed by atoms with van der Waals surface area (Å²) in [6.07, 6.45) is 1.67. The van der Waals surface area contributed by atoms with Crippen LogP contribution in [-0.4, -0.2) is 24.2 Å². The first-order chi connectivity index (χ1) is 8.18. The van der Waals surface area contributed by atoms with Crippen molar-refractivity contribution in [1.82, 2.24) is 0 Å². The van der Waals surface area contributed by atoms with Crippen LogP contribution in [0.25, 0.3) is 0 Å². The van der Waals surface area contributed by atoms with Gasteiger partial charge in [-0.2, -0.15) is 0 Å². The molecule has 17 heavy (non-hydrogen) atoms. The summed E-state index contributed by atoms with van der Waals surface area (Å²) in [5.74, 6) is 0. The lowest BCUT2D eigenvalue weighted by atomic mass is 10.1. The van der Waals surface area contributed by atoms with E-state index in [9.17, 15) is 10.1 Å². The Morgan fingerprint density at radius 3 is 2.76 bits per heavy atom. The van der Waals surface area contributed by atoms with E-state index >= 15 is 0 Å². The van der Waals surface area contributed by atoms with Gasteiger partial charge in [-0.15, -0.1) is 0 Å². The fourth-order valence-corrected chi connectivity index (χ4v) is 2.08. The summed E-state index contributed by atoms with van der Waals surface area (Å²) in [5, 5.41) is 14.4. The predicted octanol–water partition coefficient (Wildman–Crippen LogP) is 2.84. The van der Waals surface area contributed by atoms with Crippen molar-refractivity contribution in [2.45, 2.75) is 18.9 Å². The van der Waals surface area contributed by atoms with E-state index in [2.05, 4.69) is 5.32 Å². The Morgan fingerprint density at radius 2 is 2.12 bits per heavy atom. The second-order valence-electron chi connectivity index (χ2n) is 3.92. The third-order valence-corrected chi connectivity index (χ3v) is 3.07. The normalized spacial score (nSPS) is 16.8. The lowest BCUT2D eigenvalue weighted by Gasteiger charge is -2.24. The standard InChI is InChI=1S/C11H13ClN2O3/c12-9-2-1-3-10(14(15)16)11(9)13-8-4-6-17-7-5-8/h1-3,8,13H,4-7H2. The van der Waals surface area contributed by atoms with Crippen LogP contribution in [0.1, 0.15) is 12.8 Å².